The highest BCUT2D eigenvalue weighted by Gasteiger charge is 2.42. The van der Waals surface area contributed by atoms with Crippen molar-refractivity contribution in [3.8, 4) is 5.75 Å². The molecule has 156 valence electrons. The van der Waals surface area contributed by atoms with E-state index in [0.29, 0.717) is 35.1 Å². The van der Waals surface area contributed by atoms with Gasteiger partial charge in [-0.1, -0.05) is 46.9 Å². The minimum atomic E-state index is -0.527. The van der Waals surface area contributed by atoms with Crippen LogP contribution >= 0.6 is 34.8 Å². The molecule has 1 saturated carbocycles. The number of allylic oxidation sites excluding steroid dienone is 1. The first-order chi connectivity index (χ1) is 14.4. The lowest BCUT2D eigenvalue weighted by Crippen LogP contribution is -2.43. The van der Waals surface area contributed by atoms with Crippen molar-refractivity contribution >= 4 is 46.6 Å². The summed E-state index contributed by atoms with van der Waals surface area (Å²) in [5.74, 6) is -0.519. The number of rotatable bonds is 4. The first-order valence-corrected chi connectivity index (χ1v) is 10.5. The van der Waals surface area contributed by atoms with Gasteiger partial charge in [0.25, 0.3) is 0 Å². The number of para-hydroxylation sites is 1. The molecule has 2 aromatic carbocycles. The maximum absolute atomic E-state index is 12.8. The van der Waals surface area contributed by atoms with E-state index in [2.05, 4.69) is 0 Å². The predicted molar refractivity (Wildman–Crippen MR) is 113 cm³/mol. The smallest absolute Gasteiger partial charge is 0.339 e. The summed E-state index contributed by atoms with van der Waals surface area (Å²) in [7, 11) is 0. The van der Waals surface area contributed by atoms with Gasteiger partial charge in [-0.05, 0) is 43.2 Å². The van der Waals surface area contributed by atoms with Crippen molar-refractivity contribution in [2.45, 2.75) is 31.5 Å². The van der Waals surface area contributed by atoms with Gasteiger partial charge in [0.2, 0.25) is 11.5 Å². The van der Waals surface area contributed by atoms with Crippen LogP contribution in [0.3, 0.4) is 0 Å². The van der Waals surface area contributed by atoms with Gasteiger partial charge < -0.3 is 14.2 Å². The molecule has 3 atom stereocenters. The summed E-state index contributed by atoms with van der Waals surface area (Å²) in [5.41, 5.74) is 0.249. The zero-order valence-corrected chi connectivity index (χ0v) is 17.9. The third kappa shape index (κ3) is 4.43. The lowest BCUT2D eigenvalue weighted by atomic mass is 9.80. The van der Waals surface area contributed by atoms with E-state index in [9.17, 15) is 9.59 Å². The molecular weight excluding hydrogens is 451 g/mol. The molecule has 1 aliphatic carbocycles. The van der Waals surface area contributed by atoms with Crippen LogP contribution in [-0.4, -0.2) is 24.0 Å². The zero-order valence-electron chi connectivity index (χ0n) is 15.6. The molecule has 1 aliphatic heterocycles. The van der Waals surface area contributed by atoms with Crippen LogP contribution in [0.2, 0.25) is 15.1 Å². The van der Waals surface area contributed by atoms with Crippen LogP contribution in [-0.2, 0) is 14.3 Å². The normalized spacial score (nSPS) is 23.1. The van der Waals surface area contributed by atoms with Crippen LogP contribution in [0.4, 0.5) is 0 Å². The Morgan fingerprint density at radius 1 is 1.03 bits per heavy atom. The van der Waals surface area contributed by atoms with Crippen molar-refractivity contribution in [2.75, 3.05) is 0 Å². The van der Waals surface area contributed by atoms with Gasteiger partial charge in [-0.15, -0.1) is 0 Å². The molecule has 2 aromatic rings. The van der Waals surface area contributed by atoms with Gasteiger partial charge in [0, 0.05) is 11.4 Å². The van der Waals surface area contributed by atoms with Gasteiger partial charge in [0.05, 0.1) is 21.5 Å². The van der Waals surface area contributed by atoms with Crippen LogP contribution in [0.5, 0.6) is 5.75 Å². The van der Waals surface area contributed by atoms with Crippen LogP contribution in [0, 0.1) is 5.92 Å². The maximum Gasteiger partial charge on any atom is 0.339 e. The molecule has 0 N–H and O–H groups in total. The topological polar surface area (TPSA) is 61.8 Å². The number of Topliss-reactive ketones (excluding diaryl/α,β-unsaturated/α-hetero) is 1. The van der Waals surface area contributed by atoms with Gasteiger partial charge in [0.1, 0.15) is 24.2 Å². The molecule has 3 unspecified atom stereocenters. The van der Waals surface area contributed by atoms with Gasteiger partial charge in [0.15, 0.2) is 0 Å². The Labute approximate surface area is 188 Å². The molecular formula is C22H17Cl3O5. The number of esters is 1. The minimum Gasteiger partial charge on any atom is -0.493 e. The molecule has 30 heavy (non-hydrogen) atoms. The Bertz CT molecular complexity index is 1020. The molecule has 0 spiro atoms. The SMILES string of the molecule is O=C(OC1CCC2C(=O)C(Oc3ccccc3Cl)=COC2C1)c1ccc(Cl)cc1Cl. The molecule has 0 amide bonds. The first kappa shape index (κ1) is 21.0. The summed E-state index contributed by atoms with van der Waals surface area (Å²) < 4.78 is 17.0. The van der Waals surface area contributed by atoms with E-state index in [1.807, 2.05) is 0 Å². The van der Waals surface area contributed by atoms with E-state index in [0.717, 1.165) is 0 Å². The van der Waals surface area contributed by atoms with Crippen molar-refractivity contribution < 1.29 is 23.8 Å². The Balaban J connectivity index is 1.40. The number of fused-ring (bicyclic) bond motifs is 1. The summed E-state index contributed by atoms with van der Waals surface area (Å²) >= 11 is 18.0. The molecule has 1 heterocycles. The number of hydrogen-bond acceptors (Lipinski definition) is 5. The van der Waals surface area contributed by atoms with E-state index in [1.54, 1.807) is 30.3 Å². The molecule has 8 heteroatoms. The van der Waals surface area contributed by atoms with E-state index in [-0.39, 0.29) is 40.3 Å². The highest BCUT2D eigenvalue weighted by molar-refractivity contribution is 6.36. The Kier molecular flexibility index (Phi) is 6.23. The van der Waals surface area contributed by atoms with E-state index in [4.69, 9.17) is 49.0 Å². The minimum absolute atomic E-state index is 0.118. The highest BCUT2D eigenvalue weighted by Crippen LogP contribution is 2.36. The van der Waals surface area contributed by atoms with Crippen LogP contribution in [0.25, 0.3) is 0 Å². The Morgan fingerprint density at radius 3 is 2.60 bits per heavy atom. The third-order valence-electron chi connectivity index (χ3n) is 5.15. The number of ether oxygens (including phenoxy) is 3. The summed E-state index contributed by atoms with van der Waals surface area (Å²) in [4.78, 5) is 25.3. The van der Waals surface area contributed by atoms with Crippen LogP contribution < -0.4 is 4.74 Å². The summed E-state index contributed by atoms with van der Waals surface area (Å²) in [6.07, 6.45) is 2.00. The average molecular weight is 468 g/mol. The quantitative estimate of drug-likeness (QED) is 0.527. The van der Waals surface area contributed by atoms with E-state index in [1.165, 1.54) is 18.4 Å². The second-order valence-electron chi connectivity index (χ2n) is 7.12. The number of benzene rings is 2. The molecule has 5 nitrogen and oxygen atoms in total. The standard InChI is InChI=1S/C22H17Cl3O5/c23-12-5-7-14(17(25)9-12)22(27)29-13-6-8-15-19(10-13)28-11-20(21(15)26)30-18-4-2-1-3-16(18)24/h1-5,7,9,11,13,15,19H,6,8,10H2. The van der Waals surface area contributed by atoms with E-state index >= 15 is 0 Å². The molecule has 1 fully saturated rings. The van der Waals surface area contributed by atoms with Gasteiger partial charge in [-0.2, -0.15) is 0 Å². The maximum atomic E-state index is 12.8. The molecule has 0 saturated heterocycles. The average Bonchev–Trinajstić information content (AvgIpc) is 2.71. The van der Waals surface area contributed by atoms with Crippen molar-refractivity contribution in [2.24, 2.45) is 5.92 Å². The summed E-state index contributed by atoms with van der Waals surface area (Å²) in [6.45, 7) is 0. The molecule has 0 bridgehead atoms. The summed E-state index contributed by atoms with van der Waals surface area (Å²) in [5, 5.41) is 1.08. The fourth-order valence-electron chi connectivity index (χ4n) is 3.63. The van der Waals surface area contributed by atoms with Gasteiger partial charge in [-0.25, -0.2) is 4.79 Å². The number of halogens is 3. The monoisotopic (exact) mass is 466 g/mol. The van der Waals surface area contributed by atoms with Crippen molar-refractivity contribution in [1.29, 1.82) is 0 Å². The van der Waals surface area contributed by atoms with Crippen LogP contribution in [0.1, 0.15) is 29.6 Å². The highest BCUT2D eigenvalue weighted by atomic mass is 35.5. The Morgan fingerprint density at radius 2 is 1.83 bits per heavy atom. The van der Waals surface area contributed by atoms with Crippen molar-refractivity contribution in [3.63, 3.8) is 0 Å². The first-order valence-electron chi connectivity index (χ1n) is 9.40. The molecule has 4 rings (SSSR count). The summed E-state index contributed by atoms with van der Waals surface area (Å²) in [6, 6.07) is 11.5. The lowest BCUT2D eigenvalue weighted by Gasteiger charge is -2.36. The van der Waals surface area contributed by atoms with Gasteiger partial charge >= 0.3 is 5.97 Å². The number of carbonyl (C=O) groups is 2. The number of carbonyl (C=O) groups excluding carboxylic acids is 2. The number of ketones is 1. The largest absolute Gasteiger partial charge is 0.493 e. The fraction of sp³-hybridized carbons (Fsp3) is 0.273. The zero-order chi connectivity index (χ0) is 21.3. The van der Waals surface area contributed by atoms with Crippen molar-refractivity contribution in [3.05, 3.63) is 75.1 Å². The third-order valence-corrected chi connectivity index (χ3v) is 6.01. The number of hydrogen-bond donors (Lipinski definition) is 0. The van der Waals surface area contributed by atoms with Gasteiger partial charge in [-0.3, -0.25) is 4.79 Å². The van der Waals surface area contributed by atoms with Crippen molar-refractivity contribution in [1.82, 2.24) is 0 Å². The van der Waals surface area contributed by atoms with Crippen LogP contribution in [0.15, 0.2) is 54.5 Å². The lowest BCUT2D eigenvalue weighted by molar-refractivity contribution is -0.132. The molecule has 0 aromatic heterocycles. The second kappa shape index (κ2) is 8.88. The fourth-order valence-corrected chi connectivity index (χ4v) is 4.29. The predicted octanol–water partition coefficient (Wildman–Crippen LogP) is 5.86. The molecule has 2 aliphatic rings. The van der Waals surface area contributed by atoms with E-state index < -0.39 is 5.97 Å². The molecule has 0 radical (unpaired) electrons. The Hall–Kier alpha value is -2.21. The second-order valence-corrected chi connectivity index (χ2v) is 8.38.